The lowest BCUT2D eigenvalue weighted by Crippen LogP contribution is -2.43. The van der Waals surface area contributed by atoms with Gasteiger partial charge in [0.05, 0.1) is 27.9 Å². The second kappa shape index (κ2) is 12.0. The molecule has 1 aromatic heterocycles. The molecule has 0 aliphatic heterocycles. The Hall–Kier alpha value is -3.23. The number of esters is 1. The minimum atomic E-state index is -0.853. The number of unbranched alkanes of at least 4 members (excludes halogenated alkanes) is 1. The van der Waals surface area contributed by atoms with Gasteiger partial charge in [-0.1, -0.05) is 48.7 Å². The van der Waals surface area contributed by atoms with Gasteiger partial charge in [-0.05, 0) is 37.5 Å². The van der Waals surface area contributed by atoms with Crippen molar-refractivity contribution in [2.75, 3.05) is 17.2 Å². The van der Waals surface area contributed by atoms with Crippen LogP contribution < -0.4 is 21.5 Å². The van der Waals surface area contributed by atoms with E-state index >= 15 is 0 Å². The largest absolute Gasteiger partial charge is 0.464 e. The summed E-state index contributed by atoms with van der Waals surface area (Å²) in [6, 6.07) is 5.96. The molecule has 1 heterocycles. The number of ether oxygens (including phenoxy) is 1. The zero-order chi connectivity index (χ0) is 25.5. The van der Waals surface area contributed by atoms with Gasteiger partial charge in [-0.15, -0.1) is 0 Å². The number of amides is 1. The van der Waals surface area contributed by atoms with Crippen molar-refractivity contribution in [3.63, 3.8) is 0 Å². The molecule has 0 unspecified atom stereocenters. The van der Waals surface area contributed by atoms with Gasteiger partial charge in [-0.25, -0.2) is 4.79 Å². The summed E-state index contributed by atoms with van der Waals surface area (Å²) in [5, 5.41) is 5.92. The van der Waals surface area contributed by atoms with Gasteiger partial charge in [0.15, 0.2) is 0 Å². The summed E-state index contributed by atoms with van der Waals surface area (Å²) in [5.41, 5.74) is 0.866. The number of hydrogen-bond acceptors (Lipinski definition) is 7. The Morgan fingerprint density at radius 2 is 1.69 bits per heavy atom. The van der Waals surface area contributed by atoms with Crippen LogP contribution in [0.15, 0.2) is 46.2 Å². The molecule has 10 heteroatoms. The van der Waals surface area contributed by atoms with Crippen LogP contribution in [0.2, 0.25) is 10.0 Å². The van der Waals surface area contributed by atoms with Gasteiger partial charge in [0.1, 0.15) is 6.04 Å². The van der Waals surface area contributed by atoms with E-state index in [1.54, 1.807) is 31.2 Å². The molecule has 184 valence electrons. The van der Waals surface area contributed by atoms with Gasteiger partial charge in [-0.3, -0.25) is 19.4 Å². The standard InChI is InChI=1S/C25H25Cl2N3O5/c1-3-5-6-16-21(23(32)22(16)31)30-19(25(34)35-4-2)11-14-7-9-15(10-8-14)29-24(33)20-17(26)12-28-13-18(20)27/h7-10,12-13,19,30H,3-6,11H2,1-2H3,(H,29,33)/t19-/m0/s1. The topological polar surface area (TPSA) is 114 Å². The lowest BCUT2D eigenvalue weighted by atomic mass is 9.99. The van der Waals surface area contributed by atoms with Crippen molar-refractivity contribution in [3.05, 3.63) is 83.8 Å². The van der Waals surface area contributed by atoms with Crippen LogP contribution in [0.1, 0.15) is 48.2 Å². The van der Waals surface area contributed by atoms with Crippen molar-refractivity contribution >= 4 is 46.5 Å². The van der Waals surface area contributed by atoms with Crippen molar-refractivity contribution in [2.24, 2.45) is 0 Å². The summed E-state index contributed by atoms with van der Waals surface area (Å²) >= 11 is 12.1. The molecule has 35 heavy (non-hydrogen) atoms. The van der Waals surface area contributed by atoms with Gasteiger partial charge < -0.3 is 15.4 Å². The first-order valence-corrected chi connectivity index (χ1v) is 12.0. The highest BCUT2D eigenvalue weighted by molar-refractivity contribution is 6.40. The summed E-state index contributed by atoms with van der Waals surface area (Å²) in [6.45, 7) is 3.86. The Balaban J connectivity index is 1.74. The number of hydrogen-bond donors (Lipinski definition) is 2. The monoisotopic (exact) mass is 517 g/mol. The number of nitrogens with one attached hydrogen (secondary N) is 2. The number of carbonyl (C=O) groups is 2. The Labute approximate surface area is 212 Å². The van der Waals surface area contributed by atoms with Crippen LogP contribution >= 0.6 is 23.2 Å². The molecule has 1 atom stereocenters. The van der Waals surface area contributed by atoms with Crippen molar-refractivity contribution in [1.82, 2.24) is 4.98 Å². The third-order valence-corrected chi connectivity index (χ3v) is 5.98. The lowest BCUT2D eigenvalue weighted by molar-refractivity contribution is -0.144. The van der Waals surface area contributed by atoms with E-state index in [1.165, 1.54) is 12.4 Å². The number of halogens is 2. The third kappa shape index (κ3) is 6.26. The third-order valence-electron chi connectivity index (χ3n) is 5.41. The highest BCUT2D eigenvalue weighted by Gasteiger charge is 2.27. The van der Waals surface area contributed by atoms with E-state index in [-0.39, 0.29) is 34.3 Å². The molecule has 0 bridgehead atoms. The summed E-state index contributed by atoms with van der Waals surface area (Å²) < 4.78 is 5.16. The smallest absolute Gasteiger partial charge is 0.328 e. The molecule has 8 nitrogen and oxygen atoms in total. The lowest BCUT2D eigenvalue weighted by Gasteiger charge is -2.21. The number of aromatic nitrogens is 1. The number of anilines is 2. The van der Waals surface area contributed by atoms with E-state index in [1.807, 2.05) is 6.92 Å². The van der Waals surface area contributed by atoms with E-state index in [0.29, 0.717) is 17.7 Å². The first-order chi connectivity index (χ1) is 16.8. The fourth-order valence-electron chi connectivity index (χ4n) is 3.58. The molecule has 0 aliphatic rings. The SMILES string of the molecule is CCCCc1c(N[C@@H](Cc2ccc(NC(=O)c3c(Cl)cncc3Cl)cc2)C(=O)OCC)c(=O)c1=O. The van der Waals surface area contributed by atoms with Crippen LogP contribution in [0.4, 0.5) is 11.4 Å². The van der Waals surface area contributed by atoms with Gasteiger partial charge in [0.2, 0.25) is 10.9 Å². The zero-order valence-electron chi connectivity index (χ0n) is 19.3. The molecular formula is C25H25Cl2N3O5. The molecule has 2 N–H and O–H groups in total. The molecule has 0 saturated heterocycles. The van der Waals surface area contributed by atoms with Crippen LogP contribution in [0, 0.1) is 0 Å². The second-order valence-electron chi connectivity index (χ2n) is 7.90. The Morgan fingerprint density at radius 1 is 1.03 bits per heavy atom. The van der Waals surface area contributed by atoms with E-state index < -0.39 is 28.8 Å². The Bertz CT molecular complexity index is 1260. The maximum Gasteiger partial charge on any atom is 0.328 e. The molecule has 2 aromatic carbocycles. The number of rotatable bonds is 11. The zero-order valence-corrected chi connectivity index (χ0v) is 20.8. The highest BCUT2D eigenvalue weighted by Crippen LogP contribution is 2.24. The van der Waals surface area contributed by atoms with E-state index in [9.17, 15) is 19.2 Å². The predicted molar refractivity (Wildman–Crippen MR) is 136 cm³/mol. The summed E-state index contributed by atoms with van der Waals surface area (Å²) in [5.74, 6) is -1.01. The van der Waals surface area contributed by atoms with Gasteiger partial charge in [0, 0.05) is 30.1 Å². The van der Waals surface area contributed by atoms with Crippen LogP contribution in [-0.2, 0) is 22.4 Å². The number of benzene rings is 1. The molecule has 0 aliphatic carbocycles. The van der Waals surface area contributed by atoms with Crippen LogP contribution in [0.3, 0.4) is 0 Å². The first-order valence-electron chi connectivity index (χ1n) is 11.2. The van der Waals surface area contributed by atoms with Crippen LogP contribution in [-0.4, -0.2) is 29.5 Å². The molecular weight excluding hydrogens is 493 g/mol. The van der Waals surface area contributed by atoms with Crippen LogP contribution in [0.5, 0.6) is 0 Å². The normalized spacial score (nSPS) is 11.8. The van der Waals surface area contributed by atoms with Crippen molar-refractivity contribution in [3.8, 4) is 0 Å². The molecule has 1 amide bonds. The van der Waals surface area contributed by atoms with Gasteiger partial charge >= 0.3 is 5.97 Å². The fourth-order valence-corrected chi connectivity index (χ4v) is 4.11. The predicted octanol–water partition coefficient (Wildman–Crippen LogP) is 4.17. The van der Waals surface area contributed by atoms with Gasteiger partial charge in [-0.2, -0.15) is 0 Å². The quantitative estimate of drug-likeness (QED) is 0.289. The first kappa shape index (κ1) is 26.4. The van der Waals surface area contributed by atoms with Crippen molar-refractivity contribution < 1.29 is 14.3 Å². The van der Waals surface area contributed by atoms with Crippen LogP contribution in [0.25, 0.3) is 0 Å². The average molecular weight is 518 g/mol. The molecule has 3 rings (SSSR count). The fraction of sp³-hybridized carbons (Fsp3) is 0.320. The van der Waals surface area contributed by atoms with E-state index in [4.69, 9.17) is 27.9 Å². The summed E-state index contributed by atoms with van der Waals surface area (Å²) in [4.78, 5) is 53.1. The minimum Gasteiger partial charge on any atom is -0.464 e. The molecule has 0 spiro atoms. The highest BCUT2D eigenvalue weighted by atomic mass is 35.5. The van der Waals surface area contributed by atoms with E-state index in [2.05, 4.69) is 15.6 Å². The van der Waals surface area contributed by atoms with Gasteiger partial charge in [0.25, 0.3) is 5.91 Å². The second-order valence-corrected chi connectivity index (χ2v) is 8.71. The maximum absolute atomic E-state index is 12.6. The van der Waals surface area contributed by atoms with Crippen molar-refractivity contribution in [1.29, 1.82) is 0 Å². The minimum absolute atomic E-state index is 0.117. The molecule has 0 fully saturated rings. The molecule has 3 aromatic rings. The number of pyridine rings is 1. The number of carbonyl (C=O) groups excluding carboxylic acids is 2. The molecule has 0 radical (unpaired) electrons. The number of nitrogens with zero attached hydrogens (tertiary/aromatic N) is 1. The maximum atomic E-state index is 12.6. The Morgan fingerprint density at radius 3 is 2.29 bits per heavy atom. The average Bonchev–Trinajstić information content (AvgIpc) is 2.83. The van der Waals surface area contributed by atoms with E-state index in [0.717, 1.165) is 18.4 Å². The Kier molecular flexibility index (Phi) is 9.01. The summed E-state index contributed by atoms with van der Waals surface area (Å²) in [7, 11) is 0. The summed E-state index contributed by atoms with van der Waals surface area (Å²) in [6.07, 6.45) is 5.00. The van der Waals surface area contributed by atoms with Crippen molar-refractivity contribution in [2.45, 2.75) is 45.6 Å². The molecule has 0 saturated carbocycles.